The Bertz CT molecular complexity index is 410. The average molecular weight is 269 g/mol. The number of aliphatic carboxylic acids is 1. The minimum Gasteiger partial charge on any atom is -0.479 e. The van der Waals surface area contributed by atoms with Crippen LogP contribution in [0.1, 0.15) is 5.56 Å². The van der Waals surface area contributed by atoms with E-state index in [1.165, 1.54) is 0 Å². The van der Waals surface area contributed by atoms with Gasteiger partial charge >= 0.3 is 5.97 Å². The largest absolute Gasteiger partial charge is 0.479 e. The molecule has 0 saturated heterocycles. The van der Waals surface area contributed by atoms with Crippen molar-refractivity contribution in [3.8, 4) is 0 Å². The number of aliphatic hydroxyl groups excluding tert-OH is 1. The molecule has 0 aliphatic rings. The van der Waals surface area contributed by atoms with Gasteiger partial charge in [-0.15, -0.1) is 0 Å². The van der Waals surface area contributed by atoms with Crippen molar-refractivity contribution in [1.82, 2.24) is 5.32 Å². The van der Waals surface area contributed by atoms with E-state index in [-0.39, 0.29) is 12.2 Å². The lowest BCUT2D eigenvalue weighted by atomic mass is 10.0. The standard InChI is InChI=1S/C12H15NO4S/c14-10(7-18)13-9(11(15)12(16)17)6-8-4-2-1-3-5-8/h1-5,9,11,15,18H,6-7H2,(H,13,14)(H,16,17). The van der Waals surface area contributed by atoms with Gasteiger partial charge in [0.1, 0.15) is 0 Å². The molecule has 0 aliphatic heterocycles. The zero-order valence-electron chi connectivity index (χ0n) is 9.61. The number of aliphatic hydroxyl groups is 1. The van der Waals surface area contributed by atoms with E-state index in [4.69, 9.17) is 5.11 Å². The second-order valence-electron chi connectivity index (χ2n) is 3.80. The van der Waals surface area contributed by atoms with Gasteiger partial charge in [0.15, 0.2) is 6.10 Å². The topological polar surface area (TPSA) is 86.6 Å². The van der Waals surface area contributed by atoms with Crippen LogP contribution in [0.25, 0.3) is 0 Å². The molecule has 3 N–H and O–H groups in total. The Kier molecular flexibility index (Phi) is 5.67. The zero-order chi connectivity index (χ0) is 13.5. The Labute approximate surface area is 110 Å². The Hall–Kier alpha value is -1.53. The summed E-state index contributed by atoms with van der Waals surface area (Å²) in [6, 6.07) is 8.17. The first kappa shape index (κ1) is 14.5. The SMILES string of the molecule is O=C(CS)NC(Cc1ccccc1)C(O)C(=O)O. The third-order valence-corrected chi connectivity index (χ3v) is 2.71. The number of nitrogens with one attached hydrogen (secondary N) is 1. The van der Waals surface area contributed by atoms with Gasteiger partial charge in [-0.25, -0.2) is 4.79 Å². The van der Waals surface area contributed by atoms with Crippen LogP contribution in [0.2, 0.25) is 0 Å². The minimum absolute atomic E-state index is 0.0579. The van der Waals surface area contributed by atoms with Gasteiger partial charge in [-0.2, -0.15) is 12.6 Å². The fraction of sp³-hybridized carbons (Fsp3) is 0.333. The second kappa shape index (κ2) is 7.03. The summed E-state index contributed by atoms with van der Waals surface area (Å²) in [4.78, 5) is 22.0. The number of hydrogen-bond donors (Lipinski definition) is 4. The molecule has 1 amide bonds. The van der Waals surface area contributed by atoms with E-state index in [0.29, 0.717) is 0 Å². The summed E-state index contributed by atoms with van der Waals surface area (Å²) >= 11 is 3.80. The monoisotopic (exact) mass is 269 g/mol. The van der Waals surface area contributed by atoms with Crippen molar-refractivity contribution >= 4 is 24.5 Å². The quantitative estimate of drug-likeness (QED) is 0.551. The van der Waals surface area contributed by atoms with Crippen LogP contribution in [0.5, 0.6) is 0 Å². The molecular weight excluding hydrogens is 254 g/mol. The van der Waals surface area contributed by atoms with E-state index in [1.54, 1.807) is 24.3 Å². The highest BCUT2D eigenvalue weighted by atomic mass is 32.1. The second-order valence-corrected chi connectivity index (χ2v) is 4.12. The van der Waals surface area contributed by atoms with Crippen molar-refractivity contribution < 1.29 is 19.8 Å². The number of carbonyl (C=O) groups is 2. The van der Waals surface area contributed by atoms with Gasteiger partial charge in [0.2, 0.25) is 5.91 Å². The van der Waals surface area contributed by atoms with E-state index >= 15 is 0 Å². The Balaban J connectivity index is 2.77. The maximum absolute atomic E-state index is 11.2. The molecule has 0 heterocycles. The highest BCUT2D eigenvalue weighted by Gasteiger charge is 2.27. The molecule has 0 bridgehead atoms. The lowest BCUT2D eigenvalue weighted by Gasteiger charge is -2.21. The van der Waals surface area contributed by atoms with Gasteiger partial charge < -0.3 is 15.5 Å². The maximum atomic E-state index is 11.2. The predicted molar refractivity (Wildman–Crippen MR) is 69.6 cm³/mol. The number of amides is 1. The van der Waals surface area contributed by atoms with Crippen molar-refractivity contribution in [1.29, 1.82) is 0 Å². The van der Waals surface area contributed by atoms with Crippen LogP contribution in [-0.2, 0) is 16.0 Å². The van der Waals surface area contributed by atoms with Crippen LogP contribution in [0.3, 0.4) is 0 Å². The molecule has 0 saturated carbocycles. The van der Waals surface area contributed by atoms with E-state index in [9.17, 15) is 14.7 Å². The first-order valence-electron chi connectivity index (χ1n) is 5.39. The summed E-state index contributed by atoms with van der Waals surface area (Å²) in [5.74, 6) is -1.84. The third-order valence-electron chi connectivity index (χ3n) is 2.42. The van der Waals surface area contributed by atoms with E-state index in [1.807, 2.05) is 6.07 Å². The van der Waals surface area contributed by atoms with Crippen molar-refractivity contribution in [2.24, 2.45) is 0 Å². The molecule has 0 aromatic heterocycles. The highest BCUT2D eigenvalue weighted by molar-refractivity contribution is 7.81. The lowest BCUT2D eigenvalue weighted by molar-refractivity contribution is -0.148. The number of carbonyl (C=O) groups excluding carboxylic acids is 1. The summed E-state index contributed by atoms with van der Waals surface area (Å²) in [6.45, 7) is 0. The summed E-state index contributed by atoms with van der Waals surface area (Å²) < 4.78 is 0. The lowest BCUT2D eigenvalue weighted by Crippen LogP contribution is -2.48. The molecule has 2 atom stereocenters. The van der Waals surface area contributed by atoms with Gasteiger partial charge in [0, 0.05) is 0 Å². The number of rotatable bonds is 6. The Morgan fingerprint density at radius 3 is 2.39 bits per heavy atom. The van der Waals surface area contributed by atoms with Gasteiger partial charge in [0.25, 0.3) is 0 Å². The van der Waals surface area contributed by atoms with Gasteiger partial charge in [-0.1, -0.05) is 30.3 Å². The molecule has 0 spiro atoms. The molecular formula is C12H15NO4S. The van der Waals surface area contributed by atoms with E-state index in [2.05, 4.69) is 17.9 Å². The van der Waals surface area contributed by atoms with Crippen molar-refractivity contribution in [3.63, 3.8) is 0 Å². The van der Waals surface area contributed by atoms with Crippen LogP contribution in [0.15, 0.2) is 30.3 Å². The van der Waals surface area contributed by atoms with E-state index < -0.39 is 24.0 Å². The molecule has 1 aromatic rings. The normalized spacial score (nSPS) is 13.7. The molecule has 5 nitrogen and oxygen atoms in total. The van der Waals surface area contributed by atoms with Gasteiger partial charge in [-0.3, -0.25) is 4.79 Å². The number of carboxylic acid groups (broad SMARTS) is 1. The molecule has 2 unspecified atom stereocenters. The number of carboxylic acids is 1. The number of benzene rings is 1. The van der Waals surface area contributed by atoms with Gasteiger partial charge in [-0.05, 0) is 12.0 Å². The Morgan fingerprint density at radius 2 is 1.89 bits per heavy atom. The number of thiol groups is 1. The molecule has 0 fully saturated rings. The summed E-state index contributed by atoms with van der Waals surface area (Å²) in [5, 5.41) is 20.8. The first-order valence-corrected chi connectivity index (χ1v) is 6.03. The van der Waals surface area contributed by atoms with Crippen LogP contribution in [0.4, 0.5) is 0 Å². The molecule has 0 aliphatic carbocycles. The molecule has 1 rings (SSSR count). The van der Waals surface area contributed by atoms with Crippen molar-refractivity contribution in [3.05, 3.63) is 35.9 Å². The van der Waals surface area contributed by atoms with E-state index in [0.717, 1.165) is 5.56 Å². The van der Waals surface area contributed by atoms with Crippen molar-refractivity contribution in [2.75, 3.05) is 5.75 Å². The minimum atomic E-state index is -1.64. The molecule has 0 radical (unpaired) electrons. The molecule has 98 valence electrons. The Morgan fingerprint density at radius 1 is 1.28 bits per heavy atom. The molecule has 6 heteroatoms. The van der Waals surface area contributed by atoms with Crippen LogP contribution in [0, 0.1) is 0 Å². The van der Waals surface area contributed by atoms with Crippen LogP contribution >= 0.6 is 12.6 Å². The smallest absolute Gasteiger partial charge is 0.334 e. The van der Waals surface area contributed by atoms with Gasteiger partial charge in [0.05, 0.1) is 11.8 Å². The summed E-state index contributed by atoms with van der Waals surface area (Å²) in [6.07, 6.45) is -1.40. The third kappa shape index (κ3) is 4.38. The fourth-order valence-electron chi connectivity index (χ4n) is 1.53. The molecule has 1 aromatic carbocycles. The maximum Gasteiger partial charge on any atom is 0.334 e. The fourth-order valence-corrected chi connectivity index (χ4v) is 1.63. The summed E-state index contributed by atoms with van der Waals surface area (Å²) in [5.41, 5.74) is 0.835. The molecule has 18 heavy (non-hydrogen) atoms. The van der Waals surface area contributed by atoms with Crippen LogP contribution in [-0.4, -0.2) is 40.0 Å². The number of hydrogen-bond acceptors (Lipinski definition) is 4. The summed E-state index contributed by atoms with van der Waals surface area (Å²) in [7, 11) is 0. The first-order chi connectivity index (χ1) is 8.54. The van der Waals surface area contributed by atoms with Crippen LogP contribution < -0.4 is 5.32 Å². The highest BCUT2D eigenvalue weighted by Crippen LogP contribution is 2.07. The van der Waals surface area contributed by atoms with Crippen molar-refractivity contribution in [2.45, 2.75) is 18.6 Å². The average Bonchev–Trinajstić information content (AvgIpc) is 2.38. The zero-order valence-corrected chi connectivity index (χ0v) is 10.5. The predicted octanol–water partition coefficient (Wildman–Crippen LogP) is 0.0892.